The van der Waals surface area contributed by atoms with Crippen LogP contribution in [0.2, 0.25) is 0 Å². The molecule has 5 unspecified atom stereocenters. The number of phenolic OH excluding ortho intramolecular Hbond substituents is 1. The van der Waals surface area contributed by atoms with Gasteiger partial charge in [0.05, 0.1) is 15.8 Å². The summed E-state index contributed by atoms with van der Waals surface area (Å²) in [6, 6.07) is 24.6. The average Bonchev–Trinajstić information content (AvgIpc) is 3.86. The Bertz CT molecular complexity index is 1970. The molecule has 2 fully saturated rings. The average molecular weight is 660 g/mol. The van der Waals surface area contributed by atoms with E-state index in [-0.39, 0.29) is 47.3 Å². The number of nitrogens with one attached hydrogen (secondary N) is 1. The third-order valence-corrected chi connectivity index (χ3v) is 12.4. The summed E-state index contributed by atoms with van der Waals surface area (Å²) in [7, 11) is 0. The Labute approximate surface area is 285 Å². The molecule has 3 aliphatic rings. The maximum Gasteiger partial charge on any atom is 0.189 e. The molecule has 5 nitrogen and oxygen atoms in total. The van der Waals surface area contributed by atoms with Gasteiger partial charge in [-0.2, -0.15) is 0 Å². The van der Waals surface area contributed by atoms with Gasteiger partial charge in [-0.15, -0.1) is 28.6 Å². The summed E-state index contributed by atoms with van der Waals surface area (Å²) in [5.74, 6) is 7.45. The van der Waals surface area contributed by atoms with Crippen LogP contribution < -0.4 is 21.5 Å². The number of rotatable bonds is 8. The number of benzene rings is 2. The van der Waals surface area contributed by atoms with Crippen molar-refractivity contribution in [2.75, 3.05) is 0 Å². The Kier molecular flexibility index (Phi) is 9.33. The van der Waals surface area contributed by atoms with Gasteiger partial charge in [-0.1, -0.05) is 67.3 Å². The summed E-state index contributed by atoms with van der Waals surface area (Å²) in [5, 5.41) is 16.4. The van der Waals surface area contributed by atoms with Crippen LogP contribution in [0.25, 0.3) is 21.9 Å². The van der Waals surface area contributed by atoms with E-state index in [1.807, 2.05) is 25.1 Å². The molecule has 2 heterocycles. The first-order valence-corrected chi connectivity index (χ1v) is 18.4. The van der Waals surface area contributed by atoms with E-state index in [0.29, 0.717) is 12.4 Å². The lowest BCUT2D eigenvalue weighted by atomic mass is 9.61. The van der Waals surface area contributed by atoms with Crippen molar-refractivity contribution in [1.29, 1.82) is 0 Å². The maximum absolute atomic E-state index is 14.4. The molecule has 2 aromatic carbocycles. The van der Waals surface area contributed by atoms with Gasteiger partial charge in [0.15, 0.2) is 11.7 Å². The van der Waals surface area contributed by atoms with Crippen LogP contribution >= 0.6 is 22.7 Å². The number of hydrogen-bond acceptors (Lipinski definition) is 5. The predicted octanol–water partition coefficient (Wildman–Crippen LogP) is 6.73. The first-order chi connectivity index (χ1) is 22.9. The van der Waals surface area contributed by atoms with E-state index in [0.717, 1.165) is 50.8 Å². The van der Waals surface area contributed by atoms with Crippen molar-refractivity contribution in [3.8, 4) is 27.3 Å². The fraction of sp³-hybridized carbons (Fsp3) is 0.350. The fourth-order valence-electron chi connectivity index (χ4n) is 7.93. The number of thiophene rings is 2. The summed E-state index contributed by atoms with van der Waals surface area (Å²) in [4.78, 5) is 23.4. The maximum atomic E-state index is 14.4. The zero-order chi connectivity index (χ0) is 32.3. The van der Waals surface area contributed by atoms with Crippen molar-refractivity contribution in [2.24, 2.45) is 34.4 Å². The molecule has 0 amide bonds. The van der Waals surface area contributed by atoms with E-state index in [1.165, 1.54) is 23.3 Å². The van der Waals surface area contributed by atoms with E-state index in [9.17, 15) is 9.90 Å². The highest BCUT2D eigenvalue weighted by atomic mass is 32.1. The standard InChI is InChI=1S/C40H41N3O2S2/c1-2-8-30-15-18-36(46-30)37-19-20-38(47-37)39(45)32-17-16-31(33-23-26-10-3-4-11-27(26)24-34(32)33)35(22-25-9-7-14-29(44)21-25)43-40(41)42-28-12-5-6-13-28/h3-4,7,9-11,14-15,18-21,23-24,28,31-35,44H,5-6,12-13,16-17,22H2,1H3,(H3,41,42,43). The Morgan fingerprint density at radius 1 is 0.936 bits per heavy atom. The minimum atomic E-state index is -0.108. The number of carbonyl (C=O) groups excluding carboxylic acids is 1. The third kappa shape index (κ3) is 6.95. The molecule has 0 spiro atoms. The molecule has 2 aromatic heterocycles. The lowest BCUT2D eigenvalue weighted by Crippen LogP contribution is -2.52. The van der Waals surface area contributed by atoms with Gasteiger partial charge in [-0.05, 0) is 109 Å². The number of fused-ring (bicyclic) bond motifs is 2. The summed E-state index contributed by atoms with van der Waals surface area (Å²) < 4.78 is 0. The molecule has 47 heavy (non-hydrogen) atoms. The minimum absolute atomic E-state index is 0.00648. The highest BCUT2D eigenvalue weighted by molar-refractivity contribution is 7.23. The predicted molar refractivity (Wildman–Crippen MR) is 195 cm³/mol. The summed E-state index contributed by atoms with van der Waals surface area (Å²) in [5.41, 5.74) is 7.68. The Hall–Kier alpha value is -4.12. The second-order valence-corrected chi connectivity index (χ2v) is 15.3. The first-order valence-electron chi connectivity index (χ1n) is 16.8. The number of guanidine groups is 1. The van der Waals surface area contributed by atoms with E-state index in [2.05, 4.69) is 77.8 Å². The topological polar surface area (TPSA) is 87.7 Å². The number of nitrogens with two attached hydrogens (primary N) is 1. The molecule has 240 valence electrons. The van der Waals surface area contributed by atoms with Crippen LogP contribution in [-0.4, -0.2) is 28.9 Å². The van der Waals surface area contributed by atoms with Gasteiger partial charge in [0.2, 0.25) is 0 Å². The third-order valence-electron chi connectivity index (χ3n) is 10.1. The van der Waals surface area contributed by atoms with Crippen molar-refractivity contribution < 1.29 is 9.90 Å². The van der Waals surface area contributed by atoms with Crippen molar-refractivity contribution in [3.05, 3.63) is 98.6 Å². The molecule has 4 N–H and O–H groups in total. The molecule has 5 atom stereocenters. The monoisotopic (exact) mass is 659 g/mol. The molecule has 4 aromatic rings. The van der Waals surface area contributed by atoms with Gasteiger partial charge < -0.3 is 16.2 Å². The van der Waals surface area contributed by atoms with E-state index < -0.39 is 0 Å². The molecule has 0 saturated heterocycles. The molecule has 7 heteroatoms. The van der Waals surface area contributed by atoms with Crippen molar-refractivity contribution in [2.45, 2.75) is 64.0 Å². The van der Waals surface area contributed by atoms with Crippen molar-refractivity contribution >= 4 is 46.6 Å². The minimum Gasteiger partial charge on any atom is -0.508 e. The molecular formula is C40H41N3O2S2. The van der Waals surface area contributed by atoms with E-state index in [4.69, 9.17) is 10.7 Å². The lowest BCUT2D eigenvalue weighted by molar-refractivity contribution is 0.0768. The van der Waals surface area contributed by atoms with Crippen molar-refractivity contribution in [1.82, 2.24) is 5.32 Å². The van der Waals surface area contributed by atoms with Crippen LogP contribution in [0.4, 0.5) is 0 Å². The zero-order valence-electron chi connectivity index (χ0n) is 26.7. The highest BCUT2D eigenvalue weighted by Crippen LogP contribution is 2.46. The molecule has 2 saturated carbocycles. The van der Waals surface area contributed by atoms with Crippen LogP contribution in [0.1, 0.15) is 65.6 Å². The van der Waals surface area contributed by atoms with E-state index >= 15 is 0 Å². The van der Waals surface area contributed by atoms with E-state index in [1.54, 1.807) is 28.7 Å². The highest BCUT2D eigenvalue weighted by Gasteiger charge is 2.44. The molecule has 0 radical (unpaired) electrons. The summed E-state index contributed by atoms with van der Waals surface area (Å²) in [6.45, 7) is 1.85. The molecule has 3 aliphatic carbocycles. The quantitative estimate of drug-likeness (QED) is 0.0848. The number of phenols is 1. The number of ketones is 1. The van der Waals surface area contributed by atoms with Gasteiger partial charge in [0.1, 0.15) is 5.75 Å². The molecule has 0 bridgehead atoms. The van der Waals surface area contributed by atoms with Crippen LogP contribution in [0.5, 0.6) is 5.75 Å². The Balaban J connectivity index is 1.21. The fourth-order valence-corrected chi connectivity index (χ4v) is 9.94. The normalized spacial score (nSPS) is 23.0. The van der Waals surface area contributed by atoms with Crippen LogP contribution in [0.15, 0.2) is 77.8 Å². The summed E-state index contributed by atoms with van der Waals surface area (Å²) >= 11 is 3.27. The lowest BCUT2D eigenvalue weighted by Gasteiger charge is -2.44. The smallest absolute Gasteiger partial charge is 0.189 e. The molecule has 0 aliphatic heterocycles. The van der Waals surface area contributed by atoms with Crippen LogP contribution in [0.3, 0.4) is 0 Å². The summed E-state index contributed by atoms with van der Waals surface area (Å²) in [6.07, 6.45) is 11.7. The van der Waals surface area contributed by atoms with Crippen LogP contribution in [0, 0.1) is 35.5 Å². The SMILES string of the molecule is CC#Cc1ccc(-c2ccc(C(=O)C3CCC(C(Cc4cccc(O)c4)NC(N)=NC4CCCC4)C4C=c5ccccc5=CC34)s2)s1. The van der Waals surface area contributed by atoms with Gasteiger partial charge >= 0.3 is 0 Å². The van der Waals surface area contributed by atoms with Crippen molar-refractivity contribution in [3.63, 3.8) is 0 Å². The number of hydrogen-bond donors (Lipinski definition) is 3. The second-order valence-electron chi connectivity index (χ2n) is 13.1. The van der Waals surface area contributed by atoms with Gasteiger partial charge in [0, 0.05) is 21.7 Å². The number of carbonyl (C=O) groups is 1. The zero-order valence-corrected chi connectivity index (χ0v) is 28.3. The number of Topliss-reactive ketones (excluding diaryl/α,β-unsaturated/α-hetero) is 1. The number of aliphatic imine (C=N–C) groups is 1. The largest absolute Gasteiger partial charge is 0.508 e. The Morgan fingerprint density at radius 2 is 1.68 bits per heavy atom. The Morgan fingerprint density at radius 3 is 2.45 bits per heavy atom. The van der Waals surface area contributed by atoms with Gasteiger partial charge in [0.25, 0.3) is 0 Å². The number of nitrogens with zero attached hydrogens (tertiary/aromatic N) is 1. The van der Waals surface area contributed by atoms with Gasteiger partial charge in [-0.3, -0.25) is 9.79 Å². The molecule has 7 rings (SSSR count). The number of aromatic hydroxyl groups is 1. The van der Waals surface area contributed by atoms with Gasteiger partial charge in [-0.25, -0.2) is 0 Å². The second kappa shape index (κ2) is 13.9. The molecular weight excluding hydrogens is 619 g/mol. The van der Waals surface area contributed by atoms with Crippen LogP contribution in [-0.2, 0) is 6.42 Å². The first kappa shape index (κ1) is 31.5.